The Labute approximate surface area is 89.4 Å². The standard InChI is InChI=1S/C9H8BrNO3/c1-14-9(13)6-2-3-8(11-5-12)7(10)4-6/h2-5H,1H3,(H,11,12). The Bertz CT molecular complexity index is 365. The number of hydrogen-bond acceptors (Lipinski definition) is 3. The van der Waals surface area contributed by atoms with Crippen LogP contribution in [0.4, 0.5) is 5.69 Å². The third-order valence-electron chi connectivity index (χ3n) is 1.60. The summed E-state index contributed by atoms with van der Waals surface area (Å²) in [5.41, 5.74) is 1.03. The van der Waals surface area contributed by atoms with E-state index in [1.807, 2.05) is 0 Å². The second kappa shape index (κ2) is 4.76. The van der Waals surface area contributed by atoms with Crippen molar-refractivity contribution in [1.82, 2.24) is 0 Å². The van der Waals surface area contributed by atoms with Gasteiger partial charge in [0.1, 0.15) is 0 Å². The smallest absolute Gasteiger partial charge is 0.337 e. The van der Waals surface area contributed by atoms with Crippen LogP contribution in [0.5, 0.6) is 0 Å². The summed E-state index contributed by atoms with van der Waals surface area (Å²) in [6.07, 6.45) is 0.567. The van der Waals surface area contributed by atoms with Gasteiger partial charge in [0.15, 0.2) is 0 Å². The first-order valence-electron chi connectivity index (χ1n) is 3.77. The van der Waals surface area contributed by atoms with E-state index in [0.29, 0.717) is 22.1 Å². The fourth-order valence-corrected chi connectivity index (χ4v) is 1.43. The highest BCUT2D eigenvalue weighted by atomic mass is 79.9. The summed E-state index contributed by atoms with van der Waals surface area (Å²) in [5.74, 6) is -0.414. The van der Waals surface area contributed by atoms with Crippen LogP contribution >= 0.6 is 15.9 Å². The molecule has 5 heteroatoms. The monoisotopic (exact) mass is 257 g/mol. The van der Waals surface area contributed by atoms with E-state index < -0.39 is 5.97 Å². The van der Waals surface area contributed by atoms with E-state index in [-0.39, 0.29) is 0 Å². The number of anilines is 1. The van der Waals surface area contributed by atoms with Gasteiger partial charge in [0.2, 0.25) is 6.41 Å². The van der Waals surface area contributed by atoms with Crippen LogP contribution in [0.3, 0.4) is 0 Å². The van der Waals surface area contributed by atoms with Crippen molar-refractivity contribution < 1.29 is 14.3 Å². The Kier molecular flexibility index (Phi) is 3.64. The molecule has 1 amide bonds. The lowest BCUT2D eigenvalue weighted by Gasteiger charge is -2.04. The van der Waals surface area contributed by atoms with E-state index in [1.54, 1.807) is 18.2 Å². The van der Waals surface area contributed by atoms with Crippen LogP contribution in [0.1, 0.15) is 10.4 Å². The number of hydrogen-bond donors (Lipinski definition) is 1. The van der Waals surface area contributed by atoms with E-state index in [0.717, 1.165) is 0 Å². The van der Waals surface area contributed by atoms with Crippen LogP contribution in [0.15, 0.2) is 22.7 Å². The summed E-state index contributed by atoms with van der Waals surface area (Å²) in [4.78, 5) is 21.3. The highest BCUT2D eigenvalue weighted by Crippen LogP contribution is 2.23. The molecule has 1 aromatic rings. The molecule has 0 aliphatic heterocycles. The molecule has 0 saturated carbocycles. The number of carbonyl (C=O) groups excluding carboxylic acids is 2. The molecular formula is C9H8BrNO3. The van der Waals surface area contributed by atoms with Crippen LogP contribution in [0, 0.1) is 0 Å². The molecule has 0 unspecified atom stereocenters. The first-order valence-corrected chi connectivity index (χ1v) is 4.56. The van der Waals surface area contributed by atoms with Crippen molar-refractivity contribution in [2.24, 2.45) is 0 Å². The first kappa shape index (κ1) is 10.7. The van der Waals surface area contributed by atoms with Crippen molar-refractivity contribution >= 4 is 34.0 Å². The van der Waals surface area contributed by atoms with Gasteiger partial charge >= 0.3 is 5.97 Å². The summed E-state index contributed by atoms with van der Waals surface area (Å²) in [6.45, 7) is 0. The second-order valence-corrected chi connectivity index (χ2v) is 3.30. The molecule has 1 rings (SSSR count). The van der Waals surface area contributed by atoms with E-state index >= 15 is 0 Å². The quantitative estimate of drug-likeness (QED) is 0.664. The van der Waals surface area contributed by atoms with Gasteiger partial charge in [-0.1, -0.05) is 0 Å². The van der Waals surface area contributed by atoms with E-state index in [4.69, 9.17) is 0 Å². The molecule has 0 radical (unpaired) electrons. The average Bonchev–Trinajstić information content (AvgIpc) is 2.20. The molecule has 0 aliphatic carbocycles. The van der Waals surface area contributed by atoms with Gasteiger partial charge < -0.3 is 10.1 Å². The molecule has 0 aromatic heterocycles. The molecule has 0 fully saturated rings. The number of rotatable bonds is 3. The molecule has 0 spiro atoms. The Morgan fingerprint density at radius 1 is 1.57 bits per heavy atom. The number of methoxy groups -OCH3 is 1. The summed E-state index contributed by atoms with van der Waals surface area (Å²) >= 11 is 3.22. The molecule has 0 atom stereocenters. The molecule has 1 aromatic carbocycles. The lowest BCUT2D eigenvalue weighted by molar-refractivity contribution is -0.105. The summed E-state index contributed by atoms with van der Waals surface area (Å²) < 4.78 is 5.17. The Morgan fingerprint density at radius 3 is 2.79 bits per heavy atom. The van der Waals surface area contributed by atoms with Gasteiger partial charge in [0.05, 0.1) is 18.4 Å². The van der Waals surface area contributed by atoms with Crippen LogP contribution in [-0.2, 0) is 9.53 Å². The van der Waals surface area contributed by atoms with Gasteiger partial charge in [-0.05, 0) is 34.1 Å². The number of amides is 1. The highest BCUT2D eigenvalue weighted by molar-refractivity contribution is 9.10. The van der Waals surface area contributed by atoms with Crippen molar-refractivity contribution in [1.29, 1.82) is 0 Å². The van der Waals surface area contributed by atoms with Crippen LogP contribution in [0.2, 0.25) is 0 Å². The maximum absolute atomic E-state index is 11.1. The molecule has 0 bridgehead atoms. The van der Waals surface area contributed by atoms with E-state index in [9.17, 15) is 9.59 Å². The minimum Gasteiger partial charge on any atom is -0.465 e. The van der Waals surface area contributed by atoms with Gasteiger partial charge in [0, 0.05) is 4.47 Å². The summed E-state index contributed by atoms with van der Waals surface area (Å²) in [7, 11) is 1.31. The fourth-order valence-electron chi connectivity index (χ4n) is 0.940. The van der Waals surface area contributed by atoms with Gasteiger partial charge in [-0.25, -0.2) is 4.79 Å². The zero-order valence-electron chi connectivity index (χ0n) is 7.41. The van der Waals surface area contributed by atoms with Gasteiger partial charge in [0.25, 0.3) is 0 Å². The highest BCUT2D eigenvalue weighted by Gasteiger charge is 2.07. The lowest BCUT2D eigenvalue weighted by Crippen LogP contribution is -2.02. The molecule has 14 heavy (non-hydrogen) atoms. The van der Waals surface area contributed by atoms with Gasteiger partial charge in [-0.15, -0.1) is 0 Å². The SMILES string of the molecule is COC(=O)c1ccc(NC=O)c(Br)c1. The lowest BCUT2D eigenvalue weighted by atomic mass is 10.2. The largest absolute Gasteiger partial charge is 0.465 e. The molecule has 4 nitrogen and oxygen atoms in total. The third-order valence-corrected chi connectivity index (χ3v) is 2.26. The van der Waals surface area contributed by atoms with Gasteiger partial charge in [-0.2, -0.15) is 0 Å². The zero-order chi connectivity index (χ0) is 10.6. The third kappa shape index (κ3) is 2.32. The summed E-state index contributed by atoms with van der Waals surface area (Å²) in [6, 6.07) is 4.77. The van der Waals surface area contributed by atoms with Gasteiger partial charge in [-0.3, -0.25) is 4.79 Å². The Balaban J connectivity index is 2.99. The number of ether oxygens (including phenoxy) is 1. The number of benzene rings is 1. The van der Waals surface area contributed by atoms with Crippen molar-refractivity contribution in [2.45, 2.75) is 0 Å². The Morgan fingerprint density at radius 2 is 2.29 bits per heavy atom. The maximum atomic E-state index is 11.1. The van der Waals surface area contributed by atoms with Crippen molar-refractivity contribution in [3.63, 3.8) is 0 Å². The first-order chi connectivity index (χ1) is 6.69. The molecule has 74 valence electrons. The van der Waals surface area contributed by atoms with Crippen LogP contribution < -0.4 is 5.32 Å². The van der Waals surface area contributed by atoms with Crippen molar-refractivity contribution in [2.75, 3.05) is 12.4 Å². The number of nitrogens with one attached hydrogen (secondary N) is 1. The van der Waals surface area contributed by atoms with E-state index in [1.165, 1.54) is 7.11 Å². The van der Waals surface area contributed by atoms with Crippen LogP contribution in [-0.4, -0.2) is 19.5 Å². The average molecular weight is 258 g/mol. The molecule has 1 N–H and O–H groups in total. The number of halogens is 1. The number of carbonyl (C=O) groups is 2. The molecule has 0 saturated heterocycles. The van der Waals surface area contributed by atoms with Crippen LogP contribution in [0.25, 0.3) is 0 Å². The molecule has 0 aliphatic rings. The second-order valence-electron chi connectivity index (χ2n) is 2.45. The normalized spacial score (nSPS) is 9.29. The zero-order valence-corrected chi connectivity index (χ0v) is 9.00. The van der Waals surface area contributed by atoms with E-state index in [2.05, 4.69) is 26.0 Å². The minimum atomic E-state index is -0.414. The maximum Gasteiger partial charge on any atom is 0.337 e. The molecular weight excluding hydrogens is 250 g/mol. The predicted molar refractivity (Wildman–Crippen MR) is 55.2 cm³/mol. The van der Waals surface area contributed by atoms with Crippen molar-refractivity contribution in [3.8, 4) is 0 Å². The fraction of sp³-hybridized carbons (Fsp3) is 0.111. The van der Waals surface area contributed by atoms with Crippen molar-refractivity contribution in [3.05, 3.63) is 28.2 Å². The number of esters is 1. The molecule has 0 heterocycles. The topological polar surface area (TPSA) is 55.4 Å². The summed E-state index contributed by atoms with van der Waals surface area (Å²) in [5, 5.41) is 2.48. The minimum absolute atomic E-state index is 0.414. The Hall–Kier alpha value is -1.36. The predicted octanol–water partition coefficient (Wildman–Crippen LogP) is 1.80.